The molecule has 7 nitrogen and oxygen atoms in total. The third kappa shape index (κ3) is 1.91. The highest BCUT2D eigenvalue weighted by Crippen LogP contribution is 2.26. The Balaban J connectivity index is 2.61. The van der Waals surface area contributed by atoms with Gasteiger partial charge in [-0.05, 0) is 12.5 Å². The van der Waals surface area contributed by atoms with Crippen molar-refractivity contribution in [2.24, 2.45) is 7.05 Å². The SMILES string of the molecule is CCCc1nn(C)c(-n2cccn2)c1[N+](=O)[O-]. The van der Waals surface area contributed by atoms with E-state index >= 15 is 0 Å². The Bertz CT molecular complexity index is 529. The van der Waals surface area contributed by atoms with Gasteiger partial charge in [0.2, 0.25) is 5.82 Å². The quantitative estimate of drug-likeness (QED) is 0.593. The summed E-state index contributed by atoms with van der Waals surface area (Å²) >= 11 is 0. The molecule has 0 unspecified atom stereocenters. The molecule has 0 N–H and O–H groups in total. The molecule has 2 aromatic rings. The summed E-state index contributed by atoms with van der Waals surface area (Å²) in [6, 6.07) is 1.72. The summed E-state index contributed by atoms with van der Waals surface area (Å²) in [5, 5.41) is 19.3. The molecule has 2 aromatic heterocycles. The molecule has 0 atom stereocenters. The Morgan fingerprint density at radius 2 is 2.29 bits per heavy atom. The van der Waals surface area contributed by atoms with Gasteiger partial charge in [0.1, 0.15) is 5.69 Å². The van der Waals surface area contributed by atoms with Crippen molar-refractivity contribution in [3.8, 4) is 5.82 Å². The van der Waals surface area contributed by atoms with Crippen LogP contribution in [-0.2, 0) is 13.5 Å². The molecule has 17 heavy (non-hydrogen) atoms. The summed E-state index contributed by atoms with van der Waals surface area (Å²) < 4.78 is 2.96. The van der Waals surface area contributed by atoms with Crippen molar-refractivity contribution < 1.29 is 4.92 Å². The van der Waals surface area contributed by atoms with E-state index in [0.29, 0.717) is 17.9 Å². The van der Waals surface area contributed by atoms with Crippen molar-refractivity contribution in [2.75, 3.05) is 0 Å². The van der Waals surface area contributed by atoms with Gasteiger partial charge in [-0.1, -0.05) is 13.3 Å². The third-order valence-corrected chi connectivity index (χ3v) is 2.45. The van der Waals surface area contributed by atoms with Gasteiger partial charge in [-0.15, -0.1) is 0 Å². The van der Waals surface area contributed by atoms with Gasteiger partial charge < -0.3 is 0 Å². The maximum absolute atomic E-state index is 11.1. The average molecular weight is 235 g/mol. The number of rotatable bonds is 4. The largest absolute Gasteiger partial charge is 0.336 e. The van der Waals surface area contributed by atoms with Gasteiger partial charge in [0.25, 0.3) is 0 Å². The van der Waals surface area contributed by atoms with Crippen LogP contribution in [0.1, 0.15) is 19.0 Å². The number of hydrogen-bond donors (Lipinski definition) is 0. The minimum absolute atomic E-state index is 0.0399. The monoisotopic (exact) mass is 235 g/mol. The smallest absolute Gasteiger partial charge is 0.258 e. The van der Waals surface area contributed by atoms with Crippen molar-refractivity contribution >= 4 is 5.69 Å². The molecular formula is C10H13N5O2. The first-order valence-electron chi connectivity index (χ1n) is 5.35. The normalized spacial score (nSPS) is 10.7. The summed E-state index contributed by atoms with van der Waals surface area (Å²) in [7, 11) is 1.68. The van der Waals surface area contributed by atoms with Crippen LogP contribution in [0, 0.1) is 10.1 Å². The topological polar surface area (TPSA) is 78.8 Å². The summed E-state index contributed by atoms with van der Waals surface area (Å²) in [5.41, 5.74) is 0.545. The standard InChI is InChI=1S/C10H13N5O2/c1-3-5-8-9(15(16)17)10(13(2)12-8)14-7-4-6-11-14/h4,6-7H,3,5H2,1-2H3. The minimum atomic E-state index is -0.394. The molecule has 0 saturated heterocycles. The Hall–Kier alpha value is -2.18. The fourth-order valence-corrected chi connectivity index (χ4v) is 1.80. The fourth-order valence-electron chi connectivity index (χ4n) is 1.80. The van der Waals surface area contributed by atoms with Gasteiger partial charge in [-0.3, -0.25) is 10.1 Å². The molecule has 0 aliphatic heterocycles. The van der Waals surface area contributed by atoms with Gasteiger partial charge in [0.05, 0.1) is 4.92 Å². The molecule has 0 bridgehead atoms. The van der Waals surface area contributed by atoms with Gasteiger partial charge in [-0.25, -0.2) is 9.36 Å². The highest BCUT2D eigenvalue weighted by molar-refractivity contribution is 5.51. The van der Waals surface area contributed by atoms with Gasteiger partial charge >= 0.3 is 5.69 Å². The second-order valence-corrected chi connectivity index (χ2v) is 3.70. The molecule has 0 fully saturated rings. The summed E-state index contributed by atoms with van der Waals surface area (Å²) in [6.45, 7) is 1.96. The first-order valence-corrected chi connectivity index (χ1v) is 5.35. The van der Waals surface area contributed by atoms with Crippen molar-refractivity contribution in [3.63, 3.8) is 0 Å². The molecule has 0 amide bonds. The number of aryl methyl sites for hydroxylation is 2. The zero-order valence-electron chi connectivity index (χ0n) is 9.70. The lowest BCUT2D eigenvalue weighted by atomic mass is 10.2. The number of hydrogen-bond acceptors (Lipinski definition) is 4. The summed E-state index contributed by atoms with van der Waals surface area (Å²) in [6.07, 6.45) is 4.65. The second-order valence-electron chi connectivity index (χ2n) is 3.70. The van der Waals surface area contributed by atoms with Crippen molar-refractivity contribution in [2.45, 2.75) is 19.8 Å². The van der Waals surface area contributed by atoms with E-state index in [2.05, 4.69) is 10.2 Å². The van der Waals surface area contributed by atoms with Crippen molar-refractivity contribution in [1.29, 1.82) is 0 Å². The van der Waals surface area contributed by atoms with Crippen LogP contribution in [0.15, 0.2) is 18.5 Å². The van der Waals surface area contributed by atoms with Gasteiger partial charge in [-0.2, -0.15) is 10.2 Å². The summed E-state index contributed by atoms with van der Waals surface area (Å²) in [4.78, 5) is 10.7. The number of nitrogens with zero attached hydrogens (tertiary/aromatic N) is 5. The molecule has 0 saturated carbocycles. The van der Waals surface area contributed by atoms with Crippen LogP contribution in [0.5, 0.6) is 0 Å². The lowest BCUT2D eigenvalue weighted by Crippen LogP contribution is -2.05. The van der Waals surface area contributed by atoms with Crippen LogP contribution < -0.4 is 0 Å². The molecule has 0 aliphatic rings. The molecule has 0 radical (unpaired) electrons. The fraction of sp³-hybridized carbons (Fsp3) is 0.400. The van der Waals surface area contributed by atoms with E-state index in [0.717, 1.165) is 6.42 Å². The molecule has 0 aromatic carbocycles. The van der Waals surface area contributed by atoms with Crippen molar-refractivity contribution in [1.82, 2.24) is 19.6 Å². The third-order valence-electron chi connectivity index (χ3n) is 2.45. The lowest BCUT2D eigenvalue weighted by Gasteiger charge is -2.00. The van der Waals surface area contributed by atoms with E-state index in [4.69, 9.17) is 0 Å². The Morgan fingerprint density at radius 1 is 1.53 bits per heavy atom. The predicted molar refractivity (Wildman–Crippen MR) is 61.0 cm³/mol. The van der Waals surface area contributed by atoms with Crippen LogP contribution in [0.2, 0.25) is 0 Å². The zero-order valence-corrected chi connectivity index (χ0v) is 9.70. The highest BCUT2D eigenvalue weighted by Gasteiger charge is 2.27. The molecule has 2 heterocycles. The molecular weight excluding hydrogens is 222 g/mol. The maximum atomic E-state index is 11.1. The van der Waals surface area contributed by atoms with Crippen LogP contribution in [0.3, 0.4) is 0 Å². The van der Waals surface area contributed by atoms with E-state index in [-0.39, 0.29) is 5.69 Å². The average Bonchev–Trinajstić information content (AvgIpc) is 2.85. The zero-order chi connectivity index (χ0) is 12.4. The highest BCUT2D eigenvalue weighted by atomic mass is 16.6. The molecule has 7 heteroatoms. The molecule has 0 aliphatic carbocycles. The Kier molecular flexibility index (Phi) is 2.90. The Morgan fingerprint density at radius 3 is 2.82 bits per heavy atom. The number of nitro groups is 1. The maximum Gasteiger partial charge on any atom is 0.336 e. The van der Waals surface area contributed by atoms with E-state index in [1.165, 1.54) is 9.36 Å². The van der Waals surface area contributed by atoms with Crippen LogP contribution in [0.25, 0.3) is 5.82 Å². The van der Waals surface area contributed by atoms with Crippen LogP contribution >= 0.6 is 0 Å². The van der Waals surface area contributed by atoms with E-state index in [1.807, 2.05) is 6.92 Å². The minimum Gasteiger partial charge on any atom is -0.258 e. The van der Waals surface area contributed by atoms with Crippen LogP contribution in [-0.4, -0.2) is 24.5 Å². The second kappa shape index (κ2) is 4.36. The Labute approximate surface area is 97.8 Å². The molecule has 90 valence electrons. The first-order chi connectivity index (χ1) is 8.15. The molecule has 0 spiro atoms. The lowest BCUT2D eigenvalue weighted by molar-refractivity contribution is -0.385. The van der Waals surface area contributed by atoms with Gasteiger partial charge in [0.15, 0.2) is 0 Å². The van der Waals surface area contributed by atoms with E-state index in [9.17, 15) is 10.1 Å². The predicted octanol–water partition coefficient (Wildman–Crippen LogP) is 1.47. The number of aromatic nitrogens is 4. The molecule has 2 rings (SSSR count). The van der Waals surface area contributed by atoms with Crippen molar-refractivity contribution in [3.05, 3.63) is 34.3 Å². The summed E-state index contributed by atoms with van der Waals surface area (Å²) in [5.74, 6) is 0.392. The van der Waals surface area contributed by atoms with Gasteiger partial charge in [0, 0.05) is 19.4 Å². The first kappa shape index (κ1) is 11.3. The van der Waals surface area contributed by atoms with E-state index in [1.54, 1.807) is 25.5 Å². The van der Waals surface area contributed by atoms with E-state index < -0.39 is 4.92 Å². The van der Waals surface area contributed by atoms with Crippen LogP contribution in [0.4, 0.5) is 5.69 Å².